The maximum Gasteiger partial charge on any atom is 0.135 e. The van der Waals surface area contributed by atoms with Crippen molar-refractivity contribution >= 4 is 76.1 Å². The Labute approximate surface area is 357 Å². The quantitative estimate of drug-likeness (QED) is 0.163. The van der Waals surface area contributed by atoms with E-state index in [0.717, 1.165) is 55.2 Å². The number of aromatic nitrogens is 2. The average Bonchev–Trinajstić information content (AvgIpc) is 3.88. The lowest BCUT2D eigenvalue weighted by Crippen LogP contribution is -1.94. The number of para-hydroxylation sites is 1. The summed E-state index contributed by atoms with van der Waals surface area (Å²) in [6, 6.07) is 74.7. The molecular formula is C59H36N2O. The summed E-state index contributed by atoms with van der Waals surface area (Å²) in [7, 11) is 0. The van der Waals surface area contributed by atoms with Gasteiger partial charge in [-0.2, -0.15) is 0 Å². The summed E-state index contributed by atoms with van der Waals surface area (Å²) in [6.07, 6.45) is 3.89. The summed E-state index contributed by atoms with van der Waals surface area (Å²) in [5.74, 6) is 0. The van der Waals surface area contributed by atoms with Crippen LogP contribution in [0.25, 0.3) is 126 Å². The predicted molar refractivity (Wildman–Crippen MR) is 260 cm³/mol. The van der Waals surface area contributed by atoms with Gasteiger partial charge in [0.2, 0.25) is 0 Å². The smallest absolute Gasteiger partial charge is 0.135 e. The minimum atomic E-state index is 0.875. The van der Waals surface area contributed by atoms with Crippen molar-refractivity contribution in [1.29, 1.82) is 0 Å². The molecule has 13 rings (SSSR count). The Morgan fingerprint density at radius 2 is 0.855 bits per heavy atom. The Morgan fingerprint density at radius 3 is 1.53 bits per heavy atom. The number of rotatable bonds is 5. The average molecular weight is 789 g/mol. The molecule has 0 aliphatic carbocycles. The number of hydrogen-bond acceptors (Lipinski definition) is 2. The van der Waals surface area contributed by atoms with Crippen LogP contribution in [-0.4, -0.2) is 9.55 Å². The molecule has 3 heterocycles. The van der Waals surface area contributed by atoms with Crippen molar-refractivity contribution in [3.8, 4) is 50.2 Å². The first-order chi connectivity index (χ1) is 30.8. The molecule has 62 heavy (non-hydrogen) atoms. The Balaban J connectivity index is 1.02. The highest BCUT2D eigenvalue weighted by Gasteiger charge is 2.21. The molecule has 288 valence electrons. The fourth-order valence-electron chi connectivity index (χ4n) is 10.1. The third kappa shape index (κ3) is 5.22. The maximum absolute atomic E-state index is 6.55. The molecule has 0 N–H and O–H groups in total. The van der Waals surface area contributed by atoms with Gasteiger partial charge < -0.3 is 8.98 Å². The SMILES string of the molecule is c1ccc(-c2c3ccccc3c(-c3ccccc3)c3cc(-c4ccc5oc6ccc(-c7cc8c9cnccc9n(-c9ccccc9)c8c8ccccc78)cc6c5c4)ccc23)cc1. The summed E-state index contributed by atoms with van der Waals surface area (Å²) in [4.78, 5) is 4.60. The maximum atomic E-state index is 6.55. The van der Waals surface area contributed by atoms with Crippen molar-refractivity contribution in [2.24, 2.45) is 0 Å². The van der Waals surface area contributed by atoms with Gasteiger partial charge in [-0.1, -0.05) is 152 Å². The highest BCUT2D eigenvalue weighted by Crippen LogP contribution is 2.46. The fourth-order valence-corrected chi connectivity index (χ4v) is 10.1. The third-order valence-electron chi connectivity index (χ3n) is 12.8. The molecule has 3 nitrogen and oxygen atoms in total. The van der Waals surface area contributed by atoms with Crippen LogP contribution in [0.1, 0.15) is 0 Å². The number of pyridine rings is 1. The minimum absolute atomic E-state index is 0.875. The Morgan fingerprint density at radius 1 is 0.339 bits per heavy atom. The van der Waals surface area contributed by atoms with Gasteiger partial charge in [0.05, 0.1) is 11.0 Å². The zero-order valence-electron chi connectivity index (χ0n) is 33.6. The first-order valence-electron chi connectivity index (χ1n) is 21.2. The van der Waals surface area contributed by atoms with Crippen molar-refractivity contribution in [2.75, 3.05) is 0 Å². The van der Waals surface area contributed by atoms with Gasteiger partial charge in [-0.3, -0.25) is 4.98 Å². The molecule has 0 unspecified atom stereocenters. The molecule has 0 atom stereocenters. The molecule has 3 aromatic heterocycles. The zero-order chi connectivity index (χ0) is 40.7. The van der Waals surface area contributed by atoms with E-state index < -0.39 is 0 Å². The lowest BCUT2D eigenvalue weighted by molar-refractivity contribution is 0.669. The largest absolute Gasteiger partial charge is 0.456 e. The Bertz CT molecular complexity index is 3900. The molecule has 0 radical (unpaired) electrons. The number of fused-ring (bicyclic) bond motifs is 10. The number of benzene rings is 10. The first-order valence-corrected chi connectivity index (χ1v) is 21.2. The van der Waals surface area contributed by atoms with Crippen molar-refractivity contribution in [3.05, 3.63) is 219 Å². The lowest BCUT2D eigenvalue weighted by atomic mass is 9.85. The van der Waals surface area contributed by atoms with Gasteiger partial charge in [-0.25, -0.2) is 0 Å². The van der Waals surface area contributed by atoms with E-state index in [1.165, 1.54) is 71.0 Å². The van der Waals surface area contributed by atoms with E-state index in [1.807, 2.05) is 12.4 Å². The van der Waals surface area contributed by atoms with E-state index in [9.17, 15) is 0 Å². The van der Waals surface area contributed by atoms with Gasteiger partial charge in [0.25, 0.3) is 0 Å². The van der Waals surface area contributed by atoms with Crippen LogP contribution in [0.4, 0.5) is 0 Å². The summed E-state index contributed by atoms with van der Waals surface area (Å²) >= 11 is 0. The van der Waals surface area contributed by atoms with Crippen LogP contribution < -0.4 is 0 Å². The molecule has 10 aromatic carbocycles. The highest BCUT2D eigenvalue weighted by atomic mass is 16.3. The van der Waals surface area contributed by atoms with E-state index in [-0.39, 0.29) is 0 Å². The standard InChI is InChI=1S/C59H36N2O/c1-4-14-37(15-5-1)57-44-21-11-12-22-45(44)58(38-16-6-2-7-17-38)51-33-39(24-27-46(51)57)40-25-28-55-49(32-40)50-34-41(26-29-56(50)62-55)48-35-52-53-36-60-31-30-54(53)61(42-18-8-3-9-19-42)59(52)47-23-13-10-20-43(47)48/h1-36H. The van der Waals surface area contributed by atoms with Crippen molar-refractivity contribution in [3.63, 3.8) is 0 Å². The molecule has 0 bridgehead atoms. The molecule has 0 fully saturated rings. The second-order valence-electron chi connectivity index (χ2n) is 16.2. The summed E-state index contributed by atoms with van der Waals surface area (Å²) in [5, 5.41) is 11.9. The predicted octanol–water partition coefficient (Wildman–Crippen LogP) is 16.2. The molecule has 0 aliphatic rings. The van der Waals surface area contributed by atoms with E-state index in [0.29, 0.717) is 0 Å². The molecule has 13 aromatic rings. The van der Waals surface area contributed by atoms with Gasteiger partial charge in [-0.05, 0) is 126 Å². The molecular weight excluding hydrogens is 753 g/mol. The Kier molecular flexibility index (Phi) is 7.60. The van der Waals surface area contributed by atoms with Crippen LogP contribution in [-0.2, 0) is 0 Å². The van der Waals surface area contributed by atoms with E-state index in [4.69, 9.17) is 4.42 Å². The molecule has 0 spiro atoms. The van der Waals surface area contributed by atoms with Gasteiger partial charge in [0.15, 0.2) is 0 Å². The monoisotopic (exact) mass is 788 g/mol. The summed E-state index contributed by atoms with van der Waals surface area (Å²) in [5.41, 5.74) is 14.8. The second-order valence-corrected chi connectivity index (χ2v) is 16.2. The van der Waals surface area contributed by atoms with Crippen molar-refractivity contribution in [1.82, 2.24) is 9.55 Å². The normalized spacial score (nSPS) is 11.9. The summed E-state index contributed by atoms with van der Waals surface area (Å²) in [6.45, 7) is 0. The van der Waals surface area contributed by atoms with E-state index in [2.05, 4.69) is 216 Å². The van der Waals surface area contributed by atoms with Crippen molar-refractivity contribution in [2.45, 2.75) is 0 Å². The molecule has 0 amide bonds. The topological polar surface area (TPSA) is 31.0 Å². The number of nitrogens with zero attached hydrogens (tertiary/aromatic N) is 2. The number of hydrogen-bond donors (Lipinski definition) is 0. The van der Waals surface area contributed by atoms with Gasteiger partial charge in [-0.15, -0.1) is 0 Å². The zero-order valence-corrected chi connectivity index (χ0v) is 33.6. The first kappa shape index (κ1) is 34.6. The molecule has 0 saturated carbocycles. The van der Waals surface area contributed by atoms with Crippen LogP contribution in [0, 0.1) is 0 Å². The van der Waals surface area contributed by atoms with Crippen LogP contribution in [0.3, 0.4) is 0 Å². The van der Waals surface area contributed by atoms with Crippen LogP contribution in [0.2, 0.25) is 0 Å². The Hall–Kier alpha value is -8.27. The molecule has 3 heteroatoms. The minimum Gasteiger partial charge on any atom is -0.456 e. The van der Waals surface area contributed by atoms with E-state index >= 15 is 0 Å². The van der Waals surface area contributed by atoms with E-state index in [1.54, 1.807) is 0 Å². The van der Waals surface area contributed by atoms with Gasteiger partial charge >= 0.3 is 0 Å². The summed E-state index contributed by atoms with van der Waals surface area (Å²) < 4.78 is 8.93. The fraction of sp³-hybridized carbons (Fsp3) is 0. The number of furan rings is 1. The van der Waals surface area contributed by atoms with Crippen LogP contribution in [0.5, 0.6) is 0 Å². The van der Waals surface area contributed by atoms with Gasteiger partial charge in [0.1, 0.15) is 11.2 Å². The van der Waals surface area contributed by atoms with Gasteiger partial charge in [0, 0.05) is 45.0 Å². The third-order valence-corrected chi connectivity index (χ3v) is 12.8. The van der Waals surface area contributed by atoms with Crippen molar-refractivity contribution < 1.29 is 4.42 Å². The highest BCUT2D eigenvalue weighted by molar-refractivity contribution is 6.24. The van der Waals surface area contributed by atoms with Crippen LogP contribution in [0.15, 0.2) is 223 Å². The lowest BCUT2D eigenvalue weighted by Gasteiger charge is -2.18. The second kappa shape index (κ2) is 13.6. The molecule has 0 aliphatic heterocycles. The van der Waals surface area contributed by atoms with Crippen LogP contribution >= 0.6 is 0 Å². The molecule has 0 saturated heterocycles.